The predicted molar refractivity (Wildman–Crippen MR) is 107 cm³/mol. The van der Waals surface area contributed by atoms with Gasteiger partial charge in [-0.3, -0.25) is 9.36 Å². The van der Waals surface area contributed by atoms with Gasteiger partial charge in [0.15, 0.2) is 0 Å². The summed E-state index contributed by atoms with van der Waals surface area (Å²) in [5.41, 5.74) is 4.07. The van der Waals surface area contributed by atoms with Crippen LogP contribution in [0.15, 0.2) is 73.6 Å². The summed E-state index contributed by atoms with van der Waals surface area (Å²) in [4.78, 5) is 0. The van der Waals surface area contributed by atoms with E-state index in [0.717, 1.165) is 22.5 Å². The highest BCUT2D eigenvalue weighted by atomic mass is 15.4. The SMILES string of the molecule is c1ccc(Cn2cc(Cn3cccn3)nn2)c(Cn2cc(Cn3cccn3)nn2)c1. The fourth-order valence-electron chi connectivity index (χ4n) is 3.31. The molecule has 0 saturated heterocycles. The first kappa shape index (κ1) is 18.0. The van der Waals surface area contributed by atoms with Crippen LogP contribution >= 0.6 is 0 Å². The molecule has 5 aromatic rings. The van der Waals surface area contributed by atoms with Crippen molar-refractivity contribution in [1.82, 2.24) is 49.5 Å². The lowest BCUT2D eigenvalue weighted by Crippen LogP contribution is -2.08. The normalized spacial score (nSPS) is 11.2. The molecule has 4 aromatic heterocycles. The lowest BCUT2D eigenvalue weighted by Gasteiger charge is -2.09. The monoisotopic (exact) mass is 400 g/mol. The van der Waals surface area contributed by atoms with Gasteiger partial charge in [0.2, 0.25) is 0 Å². The first-order valence-electron chi connectivity index (χ1n) is 9.61. The van der Waals surface area contributed by atoms with Crippen molar-refractivity contribution in [3.05, 3.63) is 96.1 Å². The molecule has 10 nitrogen and oxygen atoms in total. The molecule has 0 atom stereocenters. The third-order valence-corrected chi connectivity index (χ3v) is 4.72. The molecule has 0 amide bonds. The molecule has 5 rings (SSSR count). The molecule has 1 aromatic carbocycles. The molecule has 0 N–H and O–H groups in total. The van der Waals surface area contributed by atoms with E-state index >= 15 is 0 Å². The van der Waals surface area contributed by atoms with Crippen LogP contribution in [-0.4, -0.2) is 49.5 Å². The Morgan fingerprint density at radius 2 is 1.07 bits per heavy atom. The zero-order valence-corrected chi connectivity index (χ0v) is 16.2. The van der Waals surface area contributed by atoms with E-state index in [9.17, 15) is 0 Å². The number of benzene rings is 1. The van der Waals surface area contributed by atoms with Gasteiger partial charge in [0.1, 0.15) is 11.4 Å². The predicted octanol–water partition coefficient (Wildman–Crippen LogP) is 1.46. The van der Waals surface area contributed by atoms with Gasteiger partial charge in [-0.05, 0) is 23.3 Å². The molecule has 10 heteroatoms. The van der Waals surface area contributed by atoms with Gasteiger partial charge in [-0.2, -0.15) is 10.2 Å². The van der Waals surface area contributed by atoms with Gasteiger partial charge in [0.25, 0.3) is 0 Å². The van der Waals surface area contributed by atoms with E-state index in [1.165, 1.54) is 0 Å². The molecule has 0 radical (unpaired) electrons. The fourth-order valence-corrected chi connectivity index (χ4v) is 3.31. The lowest BCUT2D eigenvalue weighted by atomic mass is 10.1. The van der Waals surface area contributed by atoms with E-state index in [-0.39, 0.29) is 0 Å². The Bertz CT molecular complexity index is 1100. The molecule has 0 bridgehead atoms. The number of hydrogen-bond donors (Lipinski definition) is 0. The zero-order chi connectivity index (χ0) is 20.2. The van der Waals surface area contributed by atoms with Crippen molar-refractivity contribution in [3.63, 3.8) is 0 Å². The van der Waals surface area contributed by atoms with Crippen LogP contribution < -0.4 is 0 Å². The van der Waals surface area contributed by atoms with Crippen LogP contribution in [0.4, 0.5) is 0 Å². The van der Waals surface area contributed by atoms with Gasteiger partial charge in [-0.1, -0.05) is 34.7 Å². The molecule has 0 saturated carbocycles. The van der Waals surface area contributed by atoms with Crippen molar-refractivity contribution in [2.45, 2.75) is 26.2 Å². The molecule has 150 valence electrons. The summed E-state index contributed by atoms with van der Waals surface area (Å²) in [7, 11) is 0. The zero-order valence-electron chi connectivity index (χ0n) is 16.2. The highest BCUT2D eigenvalue weighted by Gasteiger charge is 2.09. The van der Waals surface area contributed by atoms with Crippen LogP contribution in [0.25, 0.3) is 0 Å². The Hall–Kier alpha value is -4.08. The minimum atomic E-state index is 0.604. The Labute approximate surface area is 172 Å². The van der Waals surface area contributed by atoms with Crippen LogP contribution in [0.2, 0.25) is 0 Å². The Morgan fingerprint density at radius 1 is 0.567 bits per heavy atom. The second-order valence-electron chi connectivity index (χ2n) is 6.99. The van der Waals surface area contributed by atoms with Crippen molar-refractivity contribution in [2.75, 3.05) is 0 Å². The molecule has 0 fully saturated rings. The quantitative estimate of drug-likeness (QED) is 0.391. The number of aromatic nitrogens is 10. The van der Waals surface area contributed by atoms with Gasteiger partial charge < -0.3 is 0 Å². The van der Waals surface area contributed by atoms with Crippen LogP contribution in [0.3, 0.4) is 0 Å². The topological polar surface area (TPSA) is 97.1 Å². The van der Waals surface area contributed by atoms with Crippen molar-refractivity contribution in [3.8, 4) is 0 Å². The number of nitrogens with zero attached hydrogens (tertiary/aromatic N) is 10. The second kappa shape index (κ2) is 8.11. The first-order chi connectivity index (χ1) is 14.8. The average molecular weight is 400 g/mol. The van der Waals surface area contributed by atoms with E-state index in [1.54, 1.807) is 12.4 Å². The molecule has 0 aliphatic rings. The van der Waals surface area contributed by atoms with E-state index < -0.39 is 0 Å². The summed E-state index contributed by atoms with van der Waals surface area (Å²) >= 11 is 0. The maximum atomic E-state index is 4.27. The van der Waals surface area contributed by atoms with Gasteiger partial charge in [0.05, 0.1) is 38.6 Å². The van der Waals surface area contributed by atoms with Crippen LogP contribution in [-0.2, 0) is 26.2 Å². The highest BCUT2D eigenvalue weighted by Crippen LogP contribution is 2.13. The van der Waals surface area contributed by atoms with Crippen molar-refractivity contribution >= 4 is 0 Å². The van der Waals surface area contributed by atoms with Gasteiger partial charge >= 0.3 is 0 Å². The van der Waals surface area contributed by atoms with E-state index in [0.29, 0.717) is 26.2 Å². The fraction of sp³-hybridized carbons (Fsp3) is 0.200. The van der Waals surface area contributed by atoms with Gasteiger partial charge in [-0.25, -0.2) is 9.36 Å². The van der Waals surface area contributed by atoms with E-state index in [4.69, 9.17) is 0 Å². The maximum Gasteiger partial charge on any atom is 0.104 e. The lowest BCUT2D eigenvalue weighted by molar-refractivity contribution is 0.619. The second-order valence-corrected chi connectivity index (χ2v) is 6.99. The standard InChI is InChI=1S/C20H20N10/c1-2-6-18(12-30-16-20(24-26-30)14-28-10-4-8-22-28)17(5-1)11-29-15-19(23-25-29)13-27-9-3-7-21-27/h1-10,15-16H,11-14H2. The summed E-state index contributed by atoms with van der Waals surface area (Å²) in [6, 6.07) is 12.1. The average Bonchev–Trinajstić information content (AvgIpc) is 3.54. The molecule has 0 unspecified atom stereocenters. The Kier molecular flexibility index (Phi) is 4.86. The van der Waals surface area contributed by atoms with Crippen LogP contribution in [0, 0.1) is 0 Å². The highest BCUT2D eigenvalue weighted by molar-refractivity contribution is 5.27. The molecule has 30 heavy (non-hydrogen) atoms. The van der Waals surface area contributed by atoms with Crippen LogP contribution in [0.5, 0.6) is 0 Å². The molecule has 4 heterocycles. The number of rotatable bonds is 8. The summed E-state index contributed by atoms with van der Waals surface area (Å²) in [6.07, 6.45) is 11.2. The summed E-state index contributed by atoms with van der Waals surface area (Å²) in [5, 5.41) is 25.5. The smallest absolute Gasteiger partial charge is 0.104 e. The third kappa shape index (κ3) is 4.17. The van der Waals surface area contributed by atoms with Gasteiger partial charge in [-0.15, -0.1) is 10.2 Å². The summed E-state index contributed by atoms with van der Waals surface area (Å²) in [5.74, 6) is 0. The van der Waals surface area contributed by atoms with E-state index in [1.807, 2.05) is 67.8 Å². The van der Waals surface area contributed by atoms with Crippen molar-refractivity contribution < 1.29 is 0 Å². The van der Waals surface area contributed by atoms with Gasteiger partial charge in [0, 0.05) is 24.8 Å². The Balaban J connectivity index is 1.28. The molecular weight excluding hydrogens is 380 g/mol. The minimum Gasteiger partial charge on any atom is -0.267 e. The van der Waals surface area contributed by atoms with E-state index in [2.05, 4.69) is 43.0 Å². The minimum absolute atomic E-state index is 0.604. The summed E-state index contributed by atoms with van der Waals surface area (Å²) < 4.78 is 7.35. The largest absolute Gasteiger partial charge is 0.267 e. The maximum absolute atomic E-state index is 4.27. The van der Waals surface area contributed by atoms with Crippen LogP contribution in [0.1, 0.15) is 22.5 Å². The Morgan fingerprint density at radius 3 is 1.50 bits per heavy atom. The molecule has 0 aliphatic heterocycles. The molecule has 0 aliphatic carbocycles. The first-order valence-corrected chi connectivity index (χ1v) is 9.61. The molecule has 0 spiro atoms. The molecular formula is C20H20N10. The third-order valence-electron chi connectivity index (χ3n) is 4.72. The van der Waals surface area contributed by atoms with Crippen molar-refractivity contribution in [2.24, 2.45) is 0 Å². The van der Waals surface area contributed by atoms with Crippen molar-refractivity contribution in [1.29, 1.82) is 0 Å². The summed E-state index contributed by atoms with van der Waals surface area (Å²) in [6.45, 7) is 2.48. The number of hydrogen-bond acceptors (Lipinski definition) is 6.